The number of aliphatic hydroxyl groups is 1. The van der Waals surface area contributed by atoms with Crippen molar-refractivity contribution in [2.75, 3.05) is 11.9 Å². The van der Waals surface area contributed by atoms with Crippen LogP contribution in [0, 0.1) is 5.82 Å². The normalized spacial score (nSPS) is 11.2. The van der Waals surface area contributed by atoms with Crippen LogP contribution in [0.15, 0.2) is 41.0 Å². The van der Waals surface area contributed by atoms with E-state index in [4.69, 9.17) is 9.52 Å². The fourth-order valence-electron chi connectivity index (χ4n) is 1.72. The molecule has 0 radical (unpaired) electrons. The third-order valence-corrected chi connectivity index (χ3v) is 2.87. The van der Waals surface area contributed by atoms with E-state index in [-0.39, 0.29) is 12.3 Å². The predicted octanol–water partition coefficient (Wildman–Crippen LogP) is 2.98. The van der Waals surface area contributed by atoms with Crippen LogP contribution in [-0.2, 0) is 0 Å². The van der Waals surface area contributed by atoms with Gasteiger partial charge in [0.1, 0.15) is 11.6 Å². The molecule has 0 fully saturated rings. The number of hydrogen-bond donors (Lipinski definition) is 3. The van der Waals surface area contributed by atoms with E-state index >= 15 is 0 Å². The first kappa shape index (κ1) is 15.1. The topological polar surface area (TPSA) is 74.5 Å². The van der Waals surface area contributed by atoms with Gasteiger partial charge in [-0.3, -0.25) is 0 Å². The average Bonchev–Trinajstić information content (AvgIpc) is 2.94. The van der Waals surface area contributed by atoms with Crippen molar-refractivity contribution in [1.82, 2.24) is 5.32 Å². The molecule has 0 unspecified atom stereocenters. The monoisotopic (exact) mass is 292 g/mol. The highest BCUT2D eigenvalue weighted by atomic mass is 19.1. The molecule has 112 valence electrons. The van der Waals surface area contributed by atoms with Gasteiger partial charge in [-0.2, -0.15) is 0 Å². The van der Waals surface area contributed by atoms with Crippen LogP contribution in [0.4, 0.5) is 14.9 Å². The van der Waals surface area contributed by atoms with Gasteiger partial charge in [-0.05, 0) is 44.2 Å². The Kier molecular flexibility index (Phi) is 4.28. The van der Waals surface area contributed by atoms with Crippen LogP contribution in [-0.4, -0.2) is 23.3 Å². The summed E-state index contributed by atoms with van der Waals surface area (Å²) in [4.78, 5) is 11.8. The number of nitrogens with one attached hydrogen (secondary N) is 2. The Hall–Kier alpha value is -2.34. The van der Waals surface area contributed by atoms with Crippen LogP contribution in [0.2, 0.25) is 0 Å². The predicted molar refractivity (Wildman–Crippen MR) is 77.4 cm³/mol. The van der Waals surface area contributed by atoms with Gasteiger partial charge in [0, 0.05) is 5.56 Å². The van der Waals surface area contributed by atoms with E-state index in [2.05, 4.69) is 10.6 Å². The Morgan fingerprint density at radius 2 is 2.14 bits per heavy atom. The van der Waals surface area contributed by atoms with Crippen molar-refractivity contribution < 1.29 is 18.7 Å². The third-order valence-electron chi connectivity index (χ3n) is 2.87. The van der Waals surface area contributed by atoms with Crippen LogP contribution in [0.5, 0.6) is 0 Å². The molecule has 1 aromatic heterocycles. The Bertz CT molecular complexity index is 624. The summed E-state index contributed by atoms with van der Waals surface area (Å²) in [6.07, 6.45) is 1.52. The van der Waals surface area contributed by atoms with E-state index in [9.17, 15) is 9.18 Å². The zero-order valence-corrected chi connectivity index (χ0v) is 11.8. The van der Waals surface area contributed by atoms with Gasteiger partial charge in [-0.1, -0.05) is 0 Å². The molecule has 2 amide bonds. The van der Waals surface area contributed by atoms with Gasteiger partial charge in [0.25, 0.3) is 0 Å². The number of hydrogen-bond acceptors (Lipinski definition) is 3. The maximum absolute atomic E-state index is 13.8. The lowest BCUT2D eigenvalue weighted by Crippen LogP contribution is -2.48. The number of anilines is 1. The number of carbonyl (C=O) groups excluding carboxylic acids is 1. The van der Waals surface area contributed by atoms with Crippen LogP contribution < -0.4 is 10.6 Å². The SMILES string of the molecule is CC(C)(CO)NC(=O)Nc1cc(-c2ccco2)ccc1F. The highest BCUT2D eigenvalue weighted by Gasteiger charge is 2.19. The number of aliphatic hydroxyl groups excluding tert-OH is 1. The van der Waals surface area contributed by atoms with E-state index < -0.39 is 17.4 Å². The average molecular weight is 292 g/mol. The van der Waals surface area contributed by atoms with Gasteiger partial charge in [0.2, 0.25) is 0 Å². The smallest absolute Gasteiger partial charge is 0.319 e. The van der Waals surface area contributed by atoms with E-state index in [1.807, 2.05) is 0 Å². The minimum atomic E-state index is -0.792. The minimum absolute atomic E-state index is 0.0372. The summed E-state index contributed by atoms with van der Waals surface area (Å²) in [6, 6.07) is 7.18. The van der Waals surface area contributed by atoms with Crippen LogP contribution in [0.1, 0.15) is 13.8 Å². The van der Waals surface area contributed by atoms with Crippen molar-refractivity contribution in [1.29, 1.82) is 0 Å². The summed E-state index contributed by atoms with van der Waals surface area (Å²) in [7, 11) is 0. The van der Waals surface area contributed by atoms with Crippen LogP contribution >= 0.6 is 0 Å². The van der Waals surface area contributed by atoms with Crippen molar-refractivity contribution in [3.05, 3.63) is 42.4 Å². The van der Waals surface area contributed by atoms with Crippen molar-refractivity contribution in [3.8, 4) is 11.3 Å². The Morgan fingerprint density at radius 3 is 2.76 bits per heavy atom. The zero-order chi connectivity index (χ0) is 15.5. The Balaban J connectivity index is 2.16. The number of benzene rings is 1. The minimum Gasteiger partial charge on any atom is -0.464 e. The molecule has 0 atom stereocenters. The molecule has 0 aliphatic heterocycles. The summed E-state index contributed by atoms with van der Waals surface area (Å²) in [5.74, 6) is 0.0245. The van der Waals surface area contributed by atoms with E-state index in [0.29, 0.717) is 11.3 Å². The molecule has 2 rings (SSSR count). The number of halogens is 1. The van der Waals surface area contributed by atoms with Crippen molar-refractivity contribution in [2.24, 2.45) is 0 Å². The molecular weight excluding hydrogens is 275 g/mol. The van der Waals surface area contributed by atoms with E-state index in [1.54, 1.807) is 32.0 Å². The van der Waals surface area contributed by atoms with Crippen molar-refractivity contribution in [2.45, 2.75) is 19.4 Å². The fraction of sp³-hybridized carbons (Fsp3) is 0.267. The van der Waals surface area contributed by atoms with Crippen LogP contribution in [0.3, 0.4) is 0 Å². The molecule has 0 bridgehead atoms. The van der Waals surface area contributed by atoms with Gasteiger partial charge >= 0.3 is 6.03 Å². The first-order valence-electron chi connectivity index (χ1n) is 6.45. The molecule has 1 aromatic carbocycles. The molecule has 21 heavy (non-hydrogen) atoms. The zero-order valence-electron chi connectivity index (χ0n) is 11.8. The van der Waals surface area contributed by atoms with Crippen molar-refractivity contribution in [3.63, 3.8) is 0 Å². The molecular formula is C15H17FN2O3. The van der Waals surface area contributed by atoms with E-state index in [1.165, 1.54) is 18.4 Å². The second kappa shape index (κ2) is 5.97. The standard InChI is InChI=1S/C15H17FN2O3/c1-15(2,9-19)18-14(20)17-12-8-10(5-6-11(12)16)13-4-3-7-21-13/h3-8,19H,9H2,1-2H3,(H2,17,18,20). The maximum Gasteiger partial charge on any atom is 0.319 e. The quantitative estimate of drug-likeness (QED) is 0.811. The van der Waals surface area contributed by atoms with E-state index in [0.717, 1.165) is 0 Å². The fourth-order valence-corrected chi connectivity index (χ4v) is 1.72. The highest BCUT2D eigenvalue weighted by molar-refractivity contribution is 5.90. The lowest BCUT2D eigenvalue weighted by Gasteiger charge is -2.23. The second-order valence-corrected chi connectivity index (χ2v) is 5.29. The summed E-state index contributed by atoms with van der Waals surface area (Å²) in [5.41, 5.74) is -0.104. The molecule has 0 saturated carbocycles. The summed E-state index contributed by atoms with van der Waals surface area (Å²) in [6.45, 7) is 3.08. The first-order valence-corrected chi connectivity index (χ1v) is 6.45. The lowest BCUT2D eigenvalue weighted by molar-refractivity contribution is 0.187. The lowest BCUT2D eigenvalue weighted by atomic mass is 10.1. The van der Waals surface area contributed by atoms with Gasteiger partial charge in [-0.25, -0.2) is 9.18 Å². The number of urea groups is 1. The first-order chi connectivity index (χ1) is 9.91. The third kappa shape index (κ3) is 3.82. The van der Waals surface area contributed by atoms with Gasteiger partial charge < -0.3 is 20.2 Å². The number of rotatable bonds is 4. The molecule has 2 aromatic rings. The summed E-state index contributed by atoms with van der Waals surface area (Å²) < 4.78 is 19.0. The van der Waals surface area contributed by atoms with Gasteiger partial charge in [0.05, 0.1) is 24.1 Å². The summed E-state index contributed by atoms with van der Waals surface area (Å²) in [5, 5.41) is 14.1. The molecule has 0 saturated heterocycles. The molecule has 1 heterocycles. The molecule has 5 nitrogen and oxygen atoms in total. The maximum atomic E-state index is 13.8. The van der Waals surface area contributed by atoms with Gasteiger partial charge in [0.15, 0.2) is 0 Å². The second-order valence-electron chi connectivity index (χ2n) is 5.29. The highest BCUT2D eigenvalue weighted by Crippen LogP contribution is 2.25. The molecule has 0 aliphatic carbocycles. The number of amides is 2. The Labute approximate surface area is 121 Å². The molecule has 6 heteroatoms. The Morgan fingerprint density at radius 1 is 1.38 bits per heavy atom. The van der Waals surface area contributed by atoms with Crippen molar-refractivity contribution >= 4 is 11.7 Å². The number of furan rings is 1. The van der Waals surface area contributed by atoms with Gasteiger partial charge in [-0.15, -0.1) is 0 Å². The number of carbonyl (C=O) groups is 1. The van der Waals surface area contributed by atoms with Crippen LogP contribution in [0.25, 0.3) is 11.3 Å². The molecule has 3 N–H and O–H groups in total. The molecule has 0 aliphatic rings. The largest absolute Gasteiger partial charge is 0.464 e. The summed E-state index contributed by atoms with van der Waals surface area (Å²) >= 11 is 0. The molecule has 0 spiro atoms.